The normalized spacial score (nSPS) is 12.4. The van der Waals surface area contributed by atoms with Crippen LogP contribution in [0.1, 0.15) is 37.7 Å². The van der Waals surface area contributed by atoms with E-state index in [0.717, 1.165) is 41.8 Å². The molecule has 3 rings (SSSR count). The number of nitrogens with zero attached hydrogens (tertiary/aromatic N) is 5. The maximum absolute atomic E-state index is 9.68. The van der Waals surface area contributed by atoms with Gasteiger partial charge in [-0.1, -0.05) is 19.8 Å². The summed E-state index contributed by atoms with van der Waals surface area (Å²) >= 11 is 0. The van der Waals surface area contributed by atoms with Crippen LogP contribution in [0.2, 0.25) is 0 Å². The average molecular weight is 340 g/mol. The van der Waals surface area contributed by atoms with Gasteiger partial charge in [0.1, 0.15) is 11.3 Å². The minimum Gasteiger partial charge on any atom is -0.394 e. The number of anilines is 1. The number of aromatic nitrogens is 5. The lowest BCUT2D eigenvalue weighted by molar-refractivity contribution is 0.267. The first-order chi connectivity index (χ1) is 12.2. The van der Waals surface area contributed by atoms with Crippen LogP contribution >= 0.6 is 0 Å². The van der Waals surface area contributed by atoms with E-state index in [9.17, 15) is 5.11 Å². The Bertz CT molecular complexity index is 817. The molecule has 0 bridgehead atoms. The number of hydrogen-bond donors (Lipinski definition) is 2. The van der Waals surface area contributed by atoms with Crippen LogP contribution in [0.5, 0.6) is 0 Å². The molecule has 25 heavy (non-hydrogen) atoms. The molecule has 0 fully saturated rings. The second kappa shape index (κ2) is 8.02. The number of rotatable bonds is 8. The molecule has 0 saturated carbocycles. The van der Waals surface area contributed by atoms with E-state index in [-0.39, 0.29) is 12.6 Å². The second-order valence-corrected chi connectivity index (χ2v) is 6.18. The number of hydrogen-bond acceptors (Lipinski definition) is 6. The van der Waals surface area contributed by atoms with Crippen molar-refractivity contribution in [2.24, 2.45) is 0 Å². The molecule has 0 amide bonds. The van der Waals surface area contributed by atoms with Crippen molar-refractivity contribution in [2.45, 2.75) is 45.7 Å². The van der Waals surface area contributed by atoms with Gasteiger partial charge in [-0.05, 0) is 31.5 Å². The molecule has 3 heterocycles. The van der Waals surface area contributed by atoms with Crippen molar-refractivity contribution in [3.8, 4) is 0 Å². The summed E-state index contributed by atoms with van der Waals surface area (Å²) < 4.78 is 2.06. The van der Waals surface area contributed by atoms with Crippen LogP contribution in [-0.2, 0) is 6.54 Å². The van der Waals surface area contributed by atoms with E-state index in [4.69, 9.17) is 0 Å². The Hall–Kier alpha value is -2.54. The Kier molecular flexibility index (Phi) is 5.55. The topological polar surface area (TPSA) is 88.8 Å². The quantitative estimate of drug-likeness (QED) is 0.655. The summed E-state index contributed by atoms with van der Waals surface area (Å²) in [5.74, 6) is 1.46. The molecular formula is C18H24N6O. The highest BCUT2D eigenvalue weighted by Gasteiger charge is 2.15. The van der Waals surface area contributed by atoms with Gasteiger partial charge in [-0.3, -0.25) is 0 Å². The summed E-state index contributed by atoms with van der Waals surface area (Å²) in [6.45, 7) is 4.70. The molecule has 0 aliphatic carbocycles. The number of unbranched alkanes of at least 4 members (excludes halogenated alkanes) is 1. The maximum Gasteiger partial charge on any atom is 0.154 e. The number of fused-ring (bicyclic) bond motifs is 1. The van der Waals surface area contributed by atoms with E-state index in [2.05, 4.69) is 37.0 Å². The minimum absolute atomic E-state index is 0.0164. The van der Waals surface area contributed by atoms with Gasteiger partial charge in [-0.25, -0.2) is 9.97 Å². The summed E-state index contributed by atoms with van der Waals surface area (Å²) in [4.78, 5) is 9.10. The molecule has 0 aliphatic heterocycles. The third-order valence-electron chi connectivity index (χ3n) is 4.15. The Morgan fingerprint density at radius 2 is 2.16 bits per heavy atom. The highest BCUT2D eigenvalue weighted by molar-refractivity contribution is 5.86. The first-order valence-electron chi connectivity index (χ1n) is 8.68. The first-order valence-corrected chi connectivity index (χ1v) is 8.68. The Labute approximate surface area is 147 Å². The highest BCUT2D eigenvalue weighted by Crippen LogP contribution is 2.24. The predicted octanol–water partition coefficient (Wildman–Crippen LogP) is 2.54. The van der Waals surface area contributed by atoms with Crippen molar-refractivity contribution in [2.75, 3.05) is 11.9 Å². The van der Waals surface area contributed by atoms with Crippen LogP contribution < -0.4 is 5.32 Å². The average Bonchev–Trinajstić information content (AvgIpc) is 3.02. The number of nitrogens with one attached hydrogen (secondary N) is 1. The van der Waals surface area contributed by atoms with Crippen LogP contribution in [-0.4, -0.2) is 42.5 Å². The molecule has 7 nitrogen and oxygen atoms in total. The summed E-state index contributed by atoms with van der Waals surface area (Å²) in [5.41, 5.74) is 2.67. The van der Waals surface area contributed by atoms with E-state index in [1.807, 2.05) is 31.3 Å². The van der Waals surface area contributed by atoms with E-state index < -0.39 is 0 Å². The van der Waals surface area contributed by atoms with Gasteiger partial charge >= 0.3 is 0 Å². The second-order valence-electron chi connectivity index (χ2n) is 6.18. The predicted molar refractivity (Wildman–Crippen MR) is 97.4 cm³/mol. The Morgan fingerprint density at radius 1 is 1.28 bits per heavy atom. The zero-order chi connectivity index (χ0) is 17.6. The van der Waals surface area contributed by atoms with Crippen molar-refractivity contribution in [1.29, 1.82) is 0 Å². The summed E-state index contributed by atoms with van der Waals surface area (Å²) in [5, 5.41) is 21.2. The van der Waals surface area contributed by atoms with Gasteiger partial charge in [0.15, 0.2) is 5.82 Å². The number of aliphatic hydroxyl groups excluding tert-OH is 1. The van der Waals surface area contributed by atoms with E-state index in [0.29, 0.717) is 12.4 Å². The lowest BCUT2D eigenvalue weighted by atomic mass is 10.1. The monoisotopic (exact) mass is 340 g/mol. The molecule has 132 valence electrons. The molecular weight excluding hydrogens is 316 g/mol. The fourth-order valence-electron chi connectivity index (χ4n) is 2.90. The number of aryl methyl sites for hydroxylation is 1. The molecule has 0 radical (unpaired) electrons. The molecule has 1 unspecified atom stereocenters. The van der Waals surface area contributed by atoms with Gasteiger partial charge in [0.05, 0.1) is 30.4 Å². The van der Waals surface area contributed by atoms with E-state index in [1.165, 1.54) is 0 Å². The SMILES string of the molecule is CCCCC(CO)Nc1nc(C)nc2ccn(Cc3cccnn3)c12. The van der Waals surface area contributed by atoms with Crippen LogP contribution in [0, 0.1) is 6.92 Å². The standard InChI is InChI=1S/C18H24N6O/c1-3-4-6-15(12-25)22-18-17-16(20-13(2)21-18)8-10-24(17)11-14-7-5-9-19-23-14/h5,7-10,15,25H,3-4,6,11-12H2,1-2H3,(H,20,21,22). The summed E-state index contributed by atoms with van der Waals surface area (Å²) in [6.07, 6.45) is 6.71. The number of aliphatic hydroxyl groups is 1. The van der Waals surface area contributed by atoms with Crippen molar-refractivity contribution >= 4 is 16.9 Å². The van der Waals surface area contributed by atoms with Gasteiger partial charge in [0.2, 0.25) is 0 Å². The van der Waals surface area contributed by atoms with Crippen molar-refractivity contribution in [1.82, 2.24) is 24.7 Å². The maximum atomic E-state index is 9.68. The molecule has 7 heteroatoms. The lowest BCUT2D eigenvalue weighted by Crippen LogP contribution is -2.25. The van der Waals surface area contributed by atoms with Crippen molar-refractivity contribution in [3.63, 3.8) is 0 Å². The fraction of sp³-hybridized carbons (Fsp3) is 0.444. The fourth-order valence-corrected chi connectivity index (χ4v) is 2.90. The van der Waals surface area contributed by atoms with Gasteiger partial charge in [-0.15, -0.1) is 0 Å². The third-order valence-corrected chi connectivity index (χ3v) is 4.15. The van der Waals surface area contributed by atoms with Gasteiger partial charge in [-0.2, -0.15) is 10.2 Å². The van der Waals surface area contributed by atoms with Crippen LogP contribution in [0.15, 0.2) is 30.6 Å². The zero-order valence-electron chi connectivity index (χ0n) is 14.7. The van der Waals surface area contributed by atoms with Crippen LogP contribution in [0.25, 0.3) is 11.0 Å². The van der Waals surface area contributed by atoms with Gasteiger partial charge in [0.25, 0.3) is 0 Å². The minimum atomic E-state index is -0.0164. The van der Waals surface area contributed by atoms with Crippen molar-refractivity contribution in [3.05, 3.63) is 42.1 Å². The Balaban J connectivity index is 1.94. The van der Waals surface area contributed by atoms with E-state index in [1.54, 1.807) is 6.20 Å². The molecule has 2 N–H and O–H groups in total. The first kappa shape index (κ1) is 17.3. The third kappa shape index (κ3) is 4.11. The summed E-state index contributed by atoms with van der Waals surface area (Å²) in [6, 6.07) is 5.78. The largest absolute Gasteiger partial charge is 0.394 e. The molecule has 0 saturated heterocycles. The molecule has 1 atom stereocenters. The molecule has 0 spiro atoms. The zero-order valence-corrected chi connectivity index (χ0v) is 14.7. The Morgan fingerprint density at radius 3 is 2.88 bits per heavy atom. The molecule has 3 aromatic heterocycles. The van der Waals surface area contributed by atoms with Gasteiger partial charge < -0.3 is 15.0 Å². The van der Waals surface area contributed by atoms with Crippen molar-refractivity contribution < 1.29 is 5.11 Å². The smallest absolute Gasteiger partial charge is 0.154 e. The molecule has 0 aromatic carbocycles. The lowest BCUT2D eigenvalue weighted by Gasteiger charge is -2.18. The molecule has 0 aliphatic rings. The van der Waals surface area contributed by atoms with Crippen LogP contribution in [0.4, 0.5) is 5.82 Å². The van der Waals surface area contributed by atoms with Crippen LogP contribution in [0.3, 0.4) is 0 Å². The van der Waals surface area contributed by atoms with Gasteiger partial charge in [0, 0.05) is 12.4 Å². The highest BCUT2D eigenvalue weighted by atomic mass is 16.3. The summed E-state index contributed by atoms with van der Waals surface area (Å²) in [7, 11) is 0. The van der Waals surface area contributed by atoms with E-state index >= 15 is 0 Å². The molecule has 3 aromatic rings.